The summed E-state index contributed by atoms with van der Waals surface area (Å²) in [4.78, 5) is 25.1. The maximum Gasteiger partial charge on any atom is 0.429 e. The summed E-state index contributed by atoms with van der Waals surface area (Å²) in [5.41, 5.74) is 5.25. The molecule has 1 N–H and O–H groups in total. The minimum Gasteiger partial charge on any atom is -0.446 e. The van der Waals surface area contributed by atoms with Crippen molar-refractivity contribution in [3.63, 3.8) is 0 Å². The first kappa shape index (κ1) is 26.3. The molecule has 1 rings (SSSR count). The fourth-order valence-corrected chi connectivity index (χ4v) is 5.85. The van der Waals surface area contributed by atoms with Gasteiger partial charge in [-0.2, -0.15) is 0 Å². The number of hydrazine groups is 1. The standard InChI is InChI=1S/C23H42N2O4Si/c1-15(2)12-11-13-18(7)14-19-20(21(19)30(8,9)10)25(23(27)29-17(5)6)24-22(26)28-16(3)4/h12,16-18,20H,11,13-14H2,1-10H3,(H,24,26). The average Bonchev–Trinajstić information content (AvgIpc) is 3.24. The molecule has 7 heteroatoms. The Bertz CT molecular complexity index is 673. The zero-order valence-corrected chi connectivity index (χ0v) is 21.6. The van der Waals surface area contributed by atoms with Crippen molar-refractivity contribution in [1.29, 1.82) is 0 Å². The molecule has 1 aliphatic rings. The van der Waals surface area contributed by atoms with Gasteiger partial charge in [-0.1, -0.05) is 43.4 Å². The lowest BCUT2D eigenvalue weighted by Gasteiger charge is -2.27. The van der Waals surface area contributed by atoms with Gasteiger partial charge >= 0.3 is 12.2 Å². The topological polar surface area (TPSA) is 67.9 Å². The lowest BCUT2D eigenvalue weighted by molar-refractivity contribution is 0.0456. The second kappa shape index (κ2) is 11.0. The number of carbonyl (C=O) groups is 2. The van der Waals surface area contributed by atoms with Gasteiger partial charge in [0.25, 0.3) is 0 Å². The Balaban J connectivity index is 3.01. The summed E-state index contributed by atoms with van der Waals surface area (Å²) in [6, 6.07) is -0.200. The van der Waals surface area contributed by atoms with Crippen LogP contribution in [0.5, 0.6) is 0 Å². The van der Waals surface area contributed by atoms with Crippen LogP contribution in [0, 0.1) is 5.92 Å². The largest absolute Gasteiger partial charge is 0.446 e. The van der Waals surface area contributed by atoms with Crippen LogP contribution < -0.4 is 5.43 Å². The number of allylic oxidation sites excluding steroid dienone is 2. The summed E-state index contributed by atoms with van der Waals surface area (Å²) in [6.45, 7) is 20.5. The highest BCUT2D eigenvalue weighted by Gasteiger charge is 2.50. The van der Waals surface area contributed by atoms with E-state index in [1.54, 1.807) is 27.7 Å². The van der Waals surface area contributed by atoms with E-state index in [4.69, 9.17) is 9.47 Å². The van der Waals surface area contributed by atoms with Crippen molar-refractivity contribution < 1.29 is 19.1 Å². The maximum absolute atomic E-state index is 12.8. The van der Waals surface area contributed by atoms with Crippen LogP contribution in [-0.2, 0) is 9.47 Å². The number of nitrogens with one attached hydrogen (secondary N) is 1. The predicted octanol–water partition coefficient (Wildman–Crippen LogP) is 6.21. The van der Waals surface area contributed by atoms with E-state index in [9.17, 15) is 9.59 Å². The molecule has 172 valence electrons. The summed E-state index contributed by atoms with van der Waals surface area (Å²) in [7, 11) is -1.67. The number of hydrogen-bond acceptors (Lipinski definition) is 4. The summed E-state index contributed by atoms with van der Waals surface area (Å²) < 4.78 is 10.6. The first-order chi connectivity index (χ1) is 13.7. The maximum atomic E-state index is 12.8. The second-order valence-corrected chi connectivity index (χ2v) is 15.2. The number of amides is 2. The lowest BCUT2D eigenvalue weighted by Crippen LogP contribution is -2.51. The molecule has 2 atom stereocenters. The summed E-state index contributed by atoms with van der Waals surface area (Å²) in [5.74, 6) is 0.498. The van der Waals surface area contributed by atoms with E-state index in [1.165, 1.54) is 21.4 Å². The number of nitrogens with zero attached hydrogens (tertiary/aromatic N) is 1. The van der Waals surface area contributed by atoms with E-state index < -0.39 is 20.3 Å². The van der Waals surface area contributed by atoms with Gasteiger partial charge in [0.1, 0.15) is 0 Å². The monoisotopic (exact) mass is 438 g/mol. The molecule has 0 aliphatic heterocycles. The van der Waals surface area contributed by atoms with E-state index in [2.05, 4.69) is 51.9 Å². The zero-order valence-electron chi connectivity index (χ0n) is 20.6. The molecule has 0 saturated heterocycles. The second-order valence-electron chi connectivity index (χ2n) is 10.1. The third kappa shape index (κ3) is 8.54. The summed E-state index contributed by atoms with van der Waals surface area (Å²) >= 11 is 0. The van der Waals surface area contributed by atoms with Crippen molar-refractivity contribution in [1.82, 2.24) is 10.4 Å². The van der Waals surface area contributed by atoms with Gasteiger partial charge in [-0.15, -0.1) is 0 Å². The molecule has 0 bridgehead atoms. The van der Waals surface area contributed by atoms with E-state index in [0.717, 1.165) is 19.3 Å². The van der Waals surface area contributed by atoms with Crippen LogP contribution >= 0.6 is 0 Å². The smallest absolute Gasteiger partial charge is 0.429 e. The van der Waals surface area contributed by atoms with Gasteiger partial charge in [0.15, 0.2) is 0 Å². The number of carbonyl (C=O) groups excluding carboxylic acids is 2. The van der Waals surface area contributed by atoms with Gasteiger partial charge in [-0.3, -0.25) is 0 Å². The fraction of sp³-hybridized carbons (Fsp3) is 0.739. The van der Waals surface area contributed by atoms with Crippen molar-refractivity contribution in [2.24, 2.45) is 5.92 Å². The molecule has 0 radical (unpaired) electrons. The highest BCUT2D eigenvalue weighted by Crippen LogP contribution is 2.46. The molecular weight excluding hydrogens is 396 g/mol. The Labute approximate surface area is 184 Å². The van der Waals surface area contributed by atoms with Gasteiger partial charge in [0, 0.05) is 0 Å². The van der Waals surface area contributed by atoms with Gasteiger partial charge in [0.2, 0.25) is 0 Å². The molecule has 0 saturated carbocycles. The predicted molar refractivity (Wildman–Crippen MR) is 125 cm³/mol. The van der Waals surface area contributed by atoms with Crippen LogP contribution in [0.1, 0.15) is 67.7 Å². The quantitative estimate of drug-likeness (QED) is 0.264. The van der Waals surface area contributed by atoms with E-state index >= 15 is 0 Å². The molecule has 0 aromatic rings. The highest BCUT2D eigenvalue weighted by atomic mass is 28.3. The SMILES string of the molecule is CC(C)=CCCC(C)CC1=C([Si](C)(C)C)C1N(NC(=O)OC(C)C)C(=O)OC(C)C. The molecule has 0 aromatic heterocycles. The average molecular weight is 439 g/mol. The molecule has 30 heavy (non-hydrogen) atoms. The van der Waals surface area contributed by atoms with Gasteiger partial charge in [0.05, 0.1) is 26.3 Å². The Morgan fingerprint density at radius 1 is 1.07 bits per heavy atom. The summed E-state index contributed by atoms with van der Waals surface area (Å²) in [6.07, 6.45) is 3.62. The van der Waals surface area contributed by atoms with Crippen molar-refractivity contribution in [3.8, 4) is 0 Å². The van der Waals surface area contributed by atoms with Crippen LogP contribution in [0.4, 0.5) is 9.59 Å². The van der Waals surface area contributed by atoms with Crippen LogP contribution in [0.25, 0.3) is 0 Å². The van der Waals surface area contributed by atoms with Crippen LogP contribution in [0.15, 0.2) is 22.4 Å². The fourth-order valence-electron chi connectivity index (χ4n) is 3.60. The Kier molecular flexibility index (Phi) is 9.66. The lowest BCUT2D eigenvalue weighted by atomic mass is 9.99. The highest BCUT2D eigenvalue weighted by molar-refractivity contribution is 6.84. The minimum atomic E-state index is -1.67. The van der Waals surface area contributed by atoms with E-state index in [0.29, 0.717) is 5.92 Å². The molecule has 6 nitrogen and oxygen atoms in total. The van der Waals surface area contributed by atoms with Gasteiger partial charge in [-0.05, 0) is 72.3 Å². The molecule has 0 spiro atoms. The minimum absolute atomic E-state index is 0.200. The molecule has 0 aromatic carbocycles. The molecule has 2 amide bonds. The molecule has 1 aliphatic carbocycles. The Morgan fingerprint density at radius 2 is 1.63 bits per heavy atom. The third-order valence-corrected chi connectivity index (χ3v) is 7.01. The Hall–Kier alpha value is -1.76. The van der Waals surface area contributed by atoms with Crippen LogP contribution in [-0.4, -0.2) is 43.5 Å². The zero-order chi connectivity index (χ0) is 23.2. The van der Waals surface area contributed by atoms with E-state index in [-0.39, 0.29) is 18.2 Å². The number of rotatable bonds is 9. The van der Waals surface area contributed by atoms with Crippen molar-refractivity contribution in [2.45, 2.75) is 106 Å². The van der Waals surface area contributed by atoms with Gasteiger partial charge in [-0.25, -0.2) is 20.0 Å². The first-order valence-electron chi connectivity index (χ1n) is 11.1. The van der Waals surface area contributed by atoms with Gasteiger partial charge < -0.3 is 9.47 Å². The third-order valence-electron chi connectivity index (χ3n) is 4.80. The van der Waals surface area contributed by atoms with Crippen molar-refractivity contribution in [3.05, 3.63) is 22.4 Å². The first-order valence-corrected chi connectivity index (χ1v) is 14.6. The van der Waals surface area contributed by atoms with Crippen LogP contribution in [0.3, 0.4) is 0 Å². The van der Waals surface area contributed by atoms with E-state index in [1.807, 2.05) is 0 Å². The molecular formula is C23H42N2O4Si. The number of ether oxygens (including phenoxy) is 2. The van der Waals surface area contributed by atoms with Crippen LogP contribution in [0.2, 0.25) is 19.6 Å². The van der Waals surface area contributed by atoms with Crippen molar-refractivity contribution in [2.75, 3.05) is 0 Å². The number of hydrogen-bond donors (Lipinski definition) is 1. The van der Waals surface area contributed by atoms with Crippen molar-refractivity contribution >= 4 is 20.3 Å². The molecule has 0 fully saturated rings. The molecule has 0 heterocycles. The molecule has 2 unspecified atom stereocenters. The Morgan fingerprint density at radius 3 is 2.10 bits per heavy atom. The normalized spacial score (nSPS) is 17.0. The summed E-state index contributed by atoms with van der Waals surface area (Å²) in [5, 5.41) is 2.67.